The average Bonchev–Trinajstić information content (AvgIpc) is 2.92. The summed E-state index contributed by atoms with van der Waals surface area (Å²) < 4.78 is 5.07. The van der Waals surface area contributed by atoms with E-state index >= 15 is 0 Å². The zero-order chi connectivity index (χ0) is 13.7. The smallest absolute Gasteiger partial charge is 0.251 e. The SMILES string of the molecule is O=C(NCC[C@H](O)c1ccco1)c1cccc(Cl)c1. The fourth-order valence-corrected chi connectivity index (χ4v) is 1.87. The number of benzene rings is 1. The van der Waals surface area contributed by atoms with Gasteiger partial charge in [-0.2, -0.15) is 0 Å². The van der Waals surface area contributed by atoms with Crippen molar-refractivity contribution in [3.8, 4) is 0 Å². The first-order valence-corrected chi connectivity index (χ1v) is 6.30. The maximum atomic E-state index is 11.8. The van der Waals surface area contributed by atoms with E-state index in [1.807, 2.05) is 0 Å². The second-order valence-corrected chi connectivity index (χ2v) is 4.52. The topological polar surface area (TPSA) is 62.5 Å². The minimum atomic E-state index is -0.713. The quantitative estimate of drug-likeness (QED) is 0.885. The molecule has 0 saturated carbocycles. The van der Waals surface area contributed by atoms with Crippen LogP contribution in [-0.2, 0) is 0 Å². The summed E-state index contributed by atoms with van der Waals surface area (Å²) in [5.41, 5.74) is 0.500. The van der Waals surface area contributed by atoms with E-state index in [9.17, 15) is 9.90 Å². The number of nitrogens with one attached hydrogen (secondary N) is 1. The van der Waals surface area contributed by atoms with Crippen LogP contribution >= 0.6 is 11.6 Å². The number of hydrogen-bond donors (Lipinski definition) is 2. The Morgan fingerprint density at radius 3 is 2.89 bits per heavy atom. The Hall–Kier alpha value is -1.78. The molecule has 1 aromatic heterocycles. The van der Waals surface area contributed by atoms with Gasteiger partial charge in [-0.3, -0.25) is 4.79 Å². The molecule has 4 nitrogen and oxygen atoms in total. The number of rotatable bonds is 5. The van der Waals surface area contributed by atoms with Gasteiger partial charge in [0.05, 0.1) is 6.26 Å². The zero-order valence-electron chi connectivity index (χ0n) is 10.2. The molecule has 100 valence electrons. The van der Waals surface area contributed by atoms with Gasteiger partial charge >= 0.3 is 0 Å². The Kier molecular flexibility index (Phi) is 4.60. The predicted octanol–water partition coefficient (Wildman–Crippen LogP) is 2.79. The summed E-state index contributed by atoms with van der Waals surface area (Å²) in [6, 6.07) is 10.1. The highest BCUT2D eigenvalue weighted by molar-refractivity contribution is 6.30. The van der Waals surface area contributed by atoms with Crippen LogP contribution in [0.1, 0.15) is 28.6 Å². The van der Waals surface area contributed by atoms with Crippen molar-refractivity contribution in [2.24, 2.45) is 0 Å². The van der Waals surface area contributed by atoms with Crippen LogP contribution in [-0.4, -0.2) is 17.6 Å². The number of hydrogen-bond acceptors (Lipinski definition) is 3. The average molecular weight is 280 g/mol. The van der Waals surface area contributed by atoms with Gasteiger partial charge in [0, 0.05) is 17.1 Å². The molecule has 0 unspecified atom stereocenters. The van der Waals surface area contributed by atoms with E-state index in [0.29, 0.717) is 29.3 Å². The molecule has 0 bridgehead atoms. The molecule has 0 spiro atoms. The van der Waals surface area contributed by atoms with E-state index in [0.717, 1.165) is 0 Å². The molecule has 5 heteroatoms. The Morgan fingerprint density at radius 1 is 1.37 bits per heavy atom. The van der Waals surface area contributed by atoms with E-state index in [1.165, 1.54) is 6.26 Å². The summed E-state index contributed by atoms with van der Waals surface area (Å²) in [6.07, 6.45) is 1.18. The Bertz CT molecular complexity index is 539. The first kappa shape index (κ1) is 13.6. The minimum Gasteiger partial charge on any atom is -0.467 e. The Morgan fingerprint density at radius 2 is 2.21 bits per heavy atom. The Balaban J connectivity index is 1.81. The molecule has 1 atom stereocenters. The van der Waals surface area contributed by atoms with Crippen molar-refractivity contribution in [1.82, 2.24) is 5.32 Å². The van der Waals surface area contributed by atoms with Gasteiger partial charge < -0.3 is 14.8 Å². The molecule has 19 heavy (non-hydrogen) atoms. The van der Waals surface area contributed by atoms with Crippen LogP contribution in [0.2, 0.25) is 5.02 Å². The van der Waals surface area contributed by atoms with Crippen molar-refractivity contribution in [1.29, 1.82) is 0 Å². The molecular weight excluding hydrogens is 266 g/mol. The third kappa shape index (κ3) is 3.84. The van der Waals surface area contributed by atoms with Crippen molar-refractivity contribution >= 4 is 17.5 Å². The second kappa shape index (κ2) is 6.41. The van der Waals surface area contributed by atoms with Crippen molar-refractivity contribution in [3.63, 3.8) is 0 Å². The maximum Gasteiger partial charge on any atom is 0.251 e. The fourth-order valence-electron chi connectivity index (χ4n) is 1.68. The standard InChI is InChI=1S/C14H14ClNO3/c15-11-4-1-3-10(9-11)14(18)16-7-6-12(17)13-5-2-8-19-13/h1-5,8-9,12,17H,6-7H2,(H,16,18)/t12-/m0/s1. The van der Waals surface area contributed by atoms with Crippen LogP contribution in [0.25, 0.3) is 0 Å². The van der Waals surface area contributed by atoms with Gasteiger partial charge in [-0.25, -0.2) is 0 Å². The van der Waals surface area contributed by atoms with Crippen LogP contribution in [0.4, 0.5) is 0 Å². The summed E-state index contributed by atoms with van der Waals surface area (Å²) >= 11 is 5.81. The first-order chi connectivity index (χ1) is 9.16. The molecule has 2 rings (SSSR count). The Labute approximate surface area is 116 Å². The van der Waals surface area contributed by atoms with E-state index in [-0.39, 0.29) is 5.91 Å². The summed E-state index contributed by atoms with van der Waals surface area (Å²) in [4.78, 5) is 11.8. The van der Waals surface area contributed by atoms with Crippen LogP contribution in [0.3, 0.4) is 0 Å². The minimum absolute atomic E-state index is 0.214. The number of furan rings is 1. The number of aliphatic hydroxyl groups excluding tert-OH is 1. The molecule has 0 radical (unpaired) electrons. The molecule has 1 aromatic carbocycles. The van der Waals surface area contributed by atoms with Gasteiger partial charge in [-0.15, -0.1) is 0 Å². The highest BCUT2D eigenvalue weighted by Gasteiger charge is 2.11. The van der Waals surface area contributed by atoms with Crippen LogP contribution in [0.15, 0.2) is 47.1 Å². The van der Waals surface area contributed by atoms with Gasteiger partial charge in [0.15, 0.2) is 0 Å². The lowest BCUT2D eigenvalue weighted by atomic mass is 10.2. The lowest BCUT2D eigenvalue weighted by Crippen LogP contribution is -2.25. The maximum absolute atomic E-state index is 11.8. The van der Waals surface area contributed by atoms with E-state index in [1.54, 1.807) is 36.4 Å². The molecule has 0 aliphatic rings. The molecule has 2 aromatic rings. The number of halogens is 1. The van der Waals surface area contributed by atoms with Crippen molar-refractivity contribution in [2.75, 3.05) is 6.54 Å². The van der Waals surface area contributed by atoms with Crippen LogP contribution in [0, 0.1) is 0 Å². The zero-order valence-corrected chi connectivity index (χ0v) is 10.9. The second-order valence-electron chi connectivity index (χ2n) is 4.09. The summed E-state index contributed by atoms with van der Waals surface area (Å²) in [5, 5.41) is 13.0. The van der Waals surface area contributed by atoms with Gasteiger partial charge in [-0.1, -0.05) is 17.7 Å². The summed E-state index contributed by atoms with van der Waals surface area (Å²) in [6.45, 7) is 0.354. The van der Waals surface area contributed by atoms with Gasteiger partial charge in [0.25, 0.3) is 5.91 Å². The molecule has 1 heterocycles. The van der Waals surface area contributed by atoms with Gasteiger partial charge in [-0.05, 0) is 36.8 Å². The lowest BCUT2D eigenvalue weighted by Gasteiger charge is -2.09. The van der Waals surface area contributed by atoms with Crippen LogP contribution < -0.4 is 5.32 Å². The summed E-state index contributed by atoms with van der Waals surface area (Å²) in [5.74, 6) is 0.283. The third-order valence-electron chi connectivity index (χ3n) is 2.66. The highest BCUT2D eigenvalue weighted by Crippen LogP contribution is 2.16. The molecule has 0 fully saturated rings. The first-order valence-electron chi connectivity index (χ1n) is 5.92. The molecule has 2 N–H and O–H groups in total. The van der Waals surface area contributed by atoms with Crippen molar-refractivity contribution < 1.29 is 14.3 Å². The molecule has 1 amide bonds. The summed E-state index contributed by atoms with van der Waals surface area (Å²) in [7, 11) is 0. The normalized spacial score (nSPS) is 12.1. The van der Waals surface area contributed by atoms with E-state index < -0.39 is 6.10 Å². The van der Waals surface area contributed by atoms with E-state index in [2.05, 4.69) is 5.32 Å². The molecule has 0 aliphatic heterocycles. The van der Waals surface area contributed by atoms with E-state index in [4.69, 9.17) is 16.0 Å². The number of carbonyl (C=O) groups is 1. The number of amides is 1. The fraction of sp³-hybridized carbons (Fsp3) is 0.214. The molecular formula is C14H14ClNO3. The van der Waals surface area contributed by atoms with Crippen molar-refractivity contribution in [2.45, 2.75) is 12.5 Å². The molecule has 0 aliphatic carbocycles. The predicted molar refractivity (Wildman–Crippen MR) is 72.1 cm³/mol. The van der Waals surface area contributed by atoms with Crippen LogP contribution in [0.5, 0.6) is 0 Å². The van der Waals surface area contributed by atoms with Gasteiger partial charge in [0.2, 0.25) is 0 Å². The molecule has 0 saturated heterocycles. The largest absolute Gasteiger partial charge is 0.467 e. The van der Waals surface area contributed by atoms with Crippen molar-refractivity contribution in [3.05, 3.63) is 59.0 Å². The number of carbonyl (C=O) groups excluding carboxylic acids is 1. The monoisotopic (exact) mass is 279 g/mol. The lowest BCUT2D eigenvalue weighted by molar-refractivity contribution is 0.0936. The van der Waals surface area contributed by atoms with Gasteiger partial charge in [0.1, 0.15) is 11.9 Å². The highest BCUT2D eigenvalue weighted by atomic mass is 35.5. The third-order valence-corrected chi connectivity index (χ3v) is 2.90. The number of aliphatic hydroxyl groups is 1.